The van der Waals surface area contributed by atoms with Gasteiger partial charge in [0.1, 0.15) is 0 Å². The van der Waals surface area contributed by atoms with Crippen molar-refractivity contribution < 1.29 is 14.3 Å². The normalized spacial score (nSPS) is 11.9. The third-order valence-electron chi connectivity index (χ3n) is 1.84. The second-order valence-electron chi connectivity index (χ2n) is 2.86. The molecule has 1 atom stereocenters. The molecule has 0 bridgehead atoms. The lowest BCUT2D eigenvalue weighted by molar-refractivity contribution is -0.153. The minimum Gasteiger partial charge on any atom is -0.462 e. The third kappa shape index (κ3) is 4.50. The van der Waals surface area contributed by atoms with Crippen LogP contribution in [0.4, 0.5) is 0 Å². The summed E-state index contributed by atoms with van der Waals surface area (Å²) in [5.74, 6) is -1.47. The van der Waals surface area contributed by atoms with Gasteiger partial charge in [-0.3, -0.25) is 4.79 Å². The molecular formula is C9H17NO3. The Hall–Kier alpha value is -1.06. The average molecular weight is 187 g/mol. The Balaban J connectivity index is 3.93. The Morgan fingerprint density at radius 1 is 1.38 bits per heavy atom. The quantitative estimate of drug-likeness (QED) is 0.524. The van der Waals surface area contributed by atoms with Gasteiger partial charge in [0.05, 0.1) is 7.11 Å². The van der Waals surface area contributed by atoms with E-state index in [0.29, 0.717) is 0 Å². The van der Waals surface area contributed by atoms with Crippen molar-refractivity contribution in [3.63, 3.8) is 0 Å². The molecule has 0 aromatic heterocycles. The van der Waals surface area contributed by atoms with Crippen molar-refractivity contribution in [1.82, 2.24) is 5.32 Å². The molecule has 0 radical (unpaired) electrons. The fourth-order valence-corrected chi connectivity index (χ4v) is 1.06. The smallest absolute Gasteiger partial charge is 0.396 e. The number of esters is 1. The second-order valence-corrected chi connectivity index (χ2v) is 2.86. The molecule has 0 fully saturated rings. The highest BCUT2D eigenvalue weighted by atomic mass is 16.5. The summed E-state index contributed by atoms with van der Waals surface area (Å²) in [5, 5.41) is 2.60. The first-order valence-electron chi connectivity index (χ1n) is 4.54. The first-order chi connectivity index (χ1) is 6.15. The summed E-state index contributed by atoms with van der Waals surface area (Å²) < 4.78 is 4.28. The summed E-state index contributed by atoms with van der Waals surface area (Å²) in [5.41, 5.74) is 0. The number of carbonyl (C=O) groups excluding carboxylic acids is 2. The van der Waals surface area contributed by atoms with Gasteiger partial charge in [0, 0.05) is 6.04 Å². The monoisotopic (exact) mass is 187 g/mol. The van der Waals surface area contributed by atoms with Crippen LogP contribution in [0.3, 0.4) is 0 Å². The van der Waals surface area contributed by atoms with Gasteiger partial charge < -0.3 is 10.1 Å². The zero-order valence-corrected chi connectivity index (χ0v) is 8.42. The van der Waals surface area contributed by atoms with Crippen LogP contribution in [0.1, 0.15) is 33.1 Å². The topological polar surface area (TPSA) is 55.4 Å². The fraction of sp³-hybridized carbons (Fsp3) is 0.778. The van der Waals surface area contributed by atoms with Crippen LogP contribution in [0.2, 0.25) is 0 Å². The molecule has 1 unspecified atom stereocenters. The summed E-state index contributed by atoms with van der Waals surface area (Å²) in [6.07, 6.45) is 2.70. The minimum absolute atomic E-state index is 0.0802. The molecule has 0 saturated heterocycles. The zero-order valence-electron chi connectivity index (χ0n) is 8.42. The Bertz CT molecular complexity index is 180. The molecule has 13 heavy (non-hydrogen) atoms. The summed E-state index contributed by atoms with van der Waals surface area (Å²) in [6.45, 7) is 4.00. The standard InChI is InChI=1S/C9H17NO3/c1-4-6-7(5-2)10-8(11)9(12)13-3/h7H,4-6H2,1-3H3,(H,10,11). The maximum atomic E-state index is 11.0. The van der Waals surface area contributed by atoms with Crippen LogP contribution in [0.15, 0.2) is 0 Å². The molecule has 0 heterocycles. The van der Waals surface area contributed by atoms with Crippen LogP contribution >= 0.6 is 0 Å². The van der Waals surface area contributed by atoms with E-state index < -0.39 is 11.9 Å². The number of methoxy groups -OCH3 is 1. The van der Waals surface area contributed by atoms with E-state index in [1.165, 1.54) is 7.11 Å². The molecule has 4 nitrogen and oxygen atoms in total. The largest absolute Gasteiger partial charge is 0.462 e. The highest BCUT2D eigenvalue weighted by Crippen LogP contribution is 2.00. The summed E-state index contributed by atoms with van der Waals surface area (Å²) in [7, 11) is 1.20. The molecule has 0 spiro atoms. The van der Waals surface area contributed by atoms with Crippen molar-refractivity contribution >= 4 is 11.9 Å². The molecule has 0 aromatic carbocycles. The van der Waals surface area contributed by atoms with E-state index in [0.717, 1.165) is 19.3 Å². The number of carbonyl (C=O) groups is 2. The Morgan fingerprint density at radius 2 is 2.00 bits per heavy atom. The first kappa shape index (κ1) is 11.9. The lowest BCUT2D eigenvalue weighted by Gasteiger charge is -2.14. The van der Waals surface area contributed by atoms with Crippen LogP contribution in [0.25, 0.3) is 0 Å². The molecule has 1 amide bonds. The van der Waals surface area contributed by atoms with Crippen molar-refractivity contribution in [2.45, 2.75) is 39.2 Å². The number of hydrogen-bond donors (Lipinski definition) is 1. The SMILES string of the molecule is CCCC(CC)NC(=O)C(=O)OC. The molecule has 0 rings (SSSR count). The molecule has 0 aromatic rings. The highest BCUT2D eigenvalue weighted by molar-refractivity contribution is 6.32. The van der Waals surface area contributed by atoms with Gasteiger partial charge in [-0.1, -0.05) is 20.3 Å². The lowest BCUT2D eigenvalue weighted by Crippen LogP contribution is -2.39. The molecule has 76 valence electrons. The molecule has 1 N–H and O–H groups in total. The zero-order chi connectivity index (χ0) is 10.3. The van der Waals surface area contributed by atoms with Gasteiger partial charge in [-0.05, 0) is 12.8 Å². The van der Waals surface area contributed by atoms with E-state index in [2.05, 4.69) is 10.1 Å². The molecule has 0 aliphatic rings. The number of rotatable bonds is 4. The maximum Gasteiger partial charge on any atom is 0.396 e. The summed E-state index contributed by atoms with van der Waals surface area (Å²) in [4.78, 5) is 21.8. The van der Waals surface area contributed by atoms with Gasteiger partial charge in [-0.15, -0.1) is 0 Å². The van der Waals surface area contributed by atoms with Crippen molar-refractivity contribution in [3.8, 4) is 0 Å². The minimum atomic E-state index is -0.824. The van der Waals surface area contributed by atoms with Crippen LogP contribution < -0.4 is 5.32 Å². The lowest BCUT2D eigenvalue weighted by atomic mass is 10.1. The van der Waals surface area contributed by atoms with Crippen LogP contribution in [-0.2, 0) is 14.3 Å². The van der Waals surface area contributed by atoms with Crippen molar-refractivity contribution in [2.75, 3.05) is 7.11 Å². The molecular weight excluding hydrogens is 170 g/mol. The van der Waals surface area contributed by atoms with E-state index in [4.69, 9.17) is 0 Å². The maximum absolute atomic E-state index is 11.0. The van der Waals surface area contributed by atoms with E-state index in [1.54, 1.807) is 0 Å². The summed E-state index contributed by atoms with van der Waals surface area (Å²) in [6, 6.07) is 0.0802. The van der Waals surface area contributed by atoms with Gasteiger partial charge in [-0.25, -0.2) is 4.79 Å². The van der Waals surface area contributed by atoms with Crippen LogP contribution in [-0.4, -0.2) is 25.0 Å². The van der Waals surface area contributed by atoms with E-state index >= 15 is 0 Å². The molecule has 0 saturated carbocycles. The Morgan fingerprint density at radius 3 is 2.38 bits per heavy atom. The average Bonchev–Trinajstić information content (AvgIpc) is 2.15. The van der Waals surface area contributed by atoms with Gasteiger partial charge >= 0.3 is 11.9 Å². The number of hydrogen-bond acceptors (Lipinski definition) is 3. The van der Waals surface area contributed by atoms with E-state index in [9.17, 15) is 9.59 Å². The van der Waals surface area contributed by atoms with Crippen molar-refractivity contribution in [3.05, 3.63) is 0 Å². The molecule has 0 aliphatic heterocycles. The molecule has 4 heteroatoms. The van der Waals surface area contributed by atoms with Gasteiger partial charge in [0.15, 0.2) is 0 Å². The van der Waals surface area contributed by atoms with Crippen molar-refractivity contribution in [2.24, 2.45) is 0 Å². The fourth-order valence-electron chi connectivity index (χ4n) is 1.06. The number of amides is 1. The predicted molar refractivity (Wildman–Crippen MR) is 49.1 cm³/mol. The summed E-state index contributed by atoms with van der Waals surface area (Å²) >= 11 is 0. The second kappa shape index (κ2) is 6.46. The first-order valence-corrected chi connectivity index (χ1v) is 4.54. The van der Waals surface area contributed by atoms with Crippen LogP contribution in [0, 0.1) is 0 Å². The third-order valence-corrected chi connectivity index (χ3v) is 1.84. The van der Waals surface area contributed by atoms with E-state index in [-0.39, 0.29) is 6.04 Å². The van der Waals surface area contributed by atoms with Crippen molar-refractivity contribution in [1.29, 1.82) is 0 Å². The Kier molecular flexibility index (Phi) is 5.93. The Labute approximate surface area is 78.6 Å². The van der Waals surface area contributed by atoms with Gasteiger partial charge in [-0.2, -0.15) is 0 Å². The van der Waals surface area contributed by atoms with Gasteiger partial charge in [0.2, 0.25) is 0 Å². The number of ether oxygens (including phenoxy) is 1. The number of nitrogens with one attached hydrogen (secondary N) is 1. The van der Waals surface area contributed by atoms with Gasteiger partial charge in [0.25, 0.3) is 0 Å². The predicted octanol–water partition coefficient (Wildman–Crippen LogP) is 0.854. The molecule has 0 aliphatic carbocycles. The van der Waals surface area contributed by atoms with Crippen LogP contribution in [0.5, 0.6) is 0 Å². The van der Waals surface area contributed by atoms with E-state index in [1.807, 2.05) is 13.8 Å². The highest BCUT2D eigenvalue weighted by Gasteiger charge is 2.16.